The van der Waals surface area contributed by atoms with E-state index in [1.54, 1.807) is 28.8 Å². The van der Waals surface area contributed by atoms with E-state index in [0.717, 1.165) is 16.7 Å². The molecule has 0 aliphatic heterocycles. The first-order valence-corrected chi connectivity index (χ1v) is 13.1. The maximum Gasteiger partial charge on any atom is 0.268 e. The molecule has 0 aliphatic carbocycles. The van der Waals surface area contributed by atoms with Gasteiger partial charge in [-0.1, -0.05) is 71.4 Å². The van der Waals surface area contributed by atoms with Crippen LogP contribution in [0.4, 0.5) is 5.69 Å². The molecule has 0 spiro atoms. The van der Waals surface area contributed by atoms with E-state index in [1.165, 1.54) is 23.1 Å². The Morgan fingerprint density at radius 2 is 1.74 bits per heavy atom. The quantitative estimate of drug-likeness (QED) is 0.198. The number of carbonyl (C=O) groups excluding carboxylic acids is 1. The predicted molar refractivity (Wildman–Crippen MR) is 146 cm³/mol. The number of amides is 1. The first-order chi connectivity index (χ1) is 17.0. The molecule has 0 unspecified atom stereocenters. The van der Waals surface area contributed by atoms with Crippen molar-refractivity contribution >= 4 is 56.5 Å². The molecular formula is C27H20ClN3O2S2. The lowest BCUT2D eigenvalue weighted by Gasteiger charge is -2.13. The number of nitrogens with zero attached hydrogens (tertiary/aromatic N) is 2. The largest absolute Gasteiger partial charge is 0.325 e. The van der Waals surface area contributed by atoms with Crippen molar-refractivity contribution in [1.82, 2.24) is 9.55 Å². The van der Waals surface area contributed by atoms with E-state index >= 15 is 0 Å². The Labute approximate surface area is 215 Å². The molecule has 0 atom stereocenters. The number of carbonyl (C=O) groups is 1. The maximum atomic E-state index is 13.8. The maximum absolute atomic E-state index is 13.8. The van der Waals surface area contributed by atoms with Gasteiger partial charge >= 0.3 is 0 Å². The van der Waals surface area contributed by atoms with Crippen LogP contribution in [0.25, 0.3) is 27.0 Å². The highest BCUT2D eigenvalue weighted by molar-refractivity contribution is 7.99. The highest BCUT2D eigenvalue weighted by Crippen LogP contribution is 2.33. The summed E-state index contributed by atoms with van der Waals surface area (Å²) in [7, 11) is 0. The van der Waals surface area contributed by atoms with Gasteiger partial charge in [-0.15, -0.1) is 11.3 Å². The number of thiophene rings is 1. The summed E-state index contributed by atoms with van der Waals surface area (Å²) in [5, 5.41) is 6.47. The fourth-order valence-corrected chi connectivity index (χ4v) is 5.61. The summed E-state index contributed by atoms with van der Waals surface area (Å²) in [6.07, 6.45) is 0. The smallest absolute Gasteiger partial charge is 0.268 e. The van der Waals surface area contributed by atoms with Crippen molar-refractivity contribution in [1.29, 1.82) is 0 Å². The number of halogens is 1. The molecule has 0 saturated carbocycles. The van der Waals surface area contributed by atoms with Gasteiger partial charge in [0.05, 0.1) is 16.8 Å². The van der Waals surface area contributed by atoms with E-state index in [-0.39, 0.29) is 17.2 Å². The number of thioether (sulfide) groups is 1. The lowest BCUT2D eigenvalue weighted by molar-refractivity contribution is -0.113. The van der Waals surface area contributed by atoms with Crippen LogP contribution in [0.1, 0.15) is 5.56 Å². The molecule has 0 bridgehead atoms. The molecule has 8 heteroatoms. The summed E-state index contributed by atoms with van der Waals surface area (Å²) in [5.41, 5.74) is 4.20. The van der Waals surface area contributed by atoms with Gasteiger partial charge in [-0.25, -0.2) is 4.98 Å². The Hall–Kier alpha value is -3.39. The molecule has 0 aliphatic rings. The molecule has 174 valence electrons. The molecule has 5 nitrogen and oxygen atoms in total. The number of fused-ring (bicyclic) bond motifs is 1. The molecule has 0 radical (unpaired) electrons. The van der Waals surface area contributed by atoms with Gasteiger partial charge in [0.1, 0.15) is 4.83 Å². The minimum absolute atomic E-state index is 0.101. The van der Waals surface area contributed by atoms with Gasteiger partial charge in [0.2, 0.25) is 5.91 Å². The highest BCUT2D eigenvalue weighted by atomic mass is 35.5. The number of rotatable bonds is 6. The number of aryl methyl sites for hydroxylation is 1. The van der Waals surface area contributed by atoms with Crippen molar-refractivity contribution in [3.05, 3.63) is 105 Å². The Kier molecular flexibility index (Phi) is 6.72. The third kappa shape index (κ3) is 5.03. The lowest BCUT2D eigenvalue weighted by Crippen LogP contribution is -2.22. The summed E-state index contributed by atoms with van der Waals surface area (Å²) in [6, 6.07) is 24.4. The number of hydrogen-bond donors (Lipinski definition) is 1. The standard InChI is InChI=1S/C27H20ClN3O2S2/c1-17-7-9-18(10-8-17)22-15-34-25-24(22)26(33)31(21-5-3-2-4-6-21)27(30-25)35-16-23(32)29-20-13-11-19(28)12-14-20/h2-15H,16H2,1H3,(H,29,32). The predicted octanol–water partition coefficient (Wildman–Crippen LogP) is 6.81. The molecule has 35 heavy (non-hydrogen) atoms. The van der Waals surface area contributed by atoms with E-state index in [0.29, 0.717) is 31.8 Å². The van der Waals surface area contributed by atoms with Crippen molar-refractivity contribution in [3.63, 3.8) is 0 Å². The molecular weight excluding hydrogens is 498 g/mol. The summed E-state index contributed by atoms with van der Waals surface area (Å²) >= 11 is 8.58. The van der Waals surface area contributed by atoms with E-state index in [1.807, 2.05) is 66.9 Å². The Morgan fingerprint density at radius 1 is 1.03 bits per heavy atom. The minimum atomic E-state index is -0.196. The van der Waals surface area contributed by atoms with Crippen LogP contribution in [0.2, 0.25) is 5.02 Å². The fraction of sp³-hybridized carbons (Fsp3) is 0.0741. The van der Waals surface area contributed by atoms with Crippen LogP contribution in [0, 0.1) is 6.92 Å². The van der Waals surface area contributed by atoms with Crippen LogP contribution < -0.4 is 10.9 Å². The van der Waals surface area contributed by atoms with Gasteiger partial charge < -0.3 is 5.32 Å². The Balaban J connectivity index is 1.53. The molecule has 5 rings (SSSR count). The van der Waals surface area contributed by atoms with Crippen LogP contribution in [0.15, 0.2) is 94.2 Å². The van der Waals surface area contributed by atoms with E-state index in [9.17, 15) is 9.59 Å². The van der Waals surface area contributed by atoms with Crippen molar-refractivity contribution < 1.29 is 4.79 Å². The third-order valence-corrected chi connectivity index (χ3v) is 7.48. The number of para-hydroxylation sites is 1. The van der Waals surface area contributed by atoms with Gasteiger partial charge in [0.25, 0.3) is 5.56 Å². The van der Waals surface area contributed by atoms with Gasteiger partial charge in [-0.05, 0) is 48.9 Å². The molecule has 2 aromatic heterocycles. The van der Waals surface area contributed by atoms with Gasteiger partial charge in [-0.2, -0.15) is 0 Å². The van der Waals surface area contributed by atoms with Gasteiger partial charge in [0, 0.05) is 21.7 Å². The highest BCUT2D eigenvalue weighted by Gasteiger charge is 2.19. The van der Waals surface area contributed by atoms with E-state index in [4.69, 9.17) is 16.6 Å². The second-order valence-electron chi connectivity index (χ2n) is 7.91. The van der Waals surface area contributed by atoms with Gasteiger partial charge in [0.15, 0.2) is 5.16 Å². The normalized spacial score (nSPS) is 11.0. The number of nitrogens with one attached hydrogen (secondary N) is 1. The van der Waals surface area contributed by atoms with Crippen molar-refractivity contribution in [2.45, 2.75) is 12.1 Å². The second kappa shape index (κ2) is 10.1. The van der Waals surface area contributed by atoms with Crippen LogP contribution >= 0.6 is 34.7 Å². The van der Waals surface area contributed by atoms with E-state index in [2.05, 4.69) is 5.32 Å². The van der Waals surface area contributed by atoms with Crippen LogP contribution in [-0.2, 0) is 4.79 Å². The lowest BCUT2D eigenvalue weighted by atomic mass is 10.1. The number of aromatic nitrogens is 2. The molecule has 0 saturated heterocycles. The zero-order chi connectivity index (χ0) is 24.4. The average Bonchev–Trinajstić information content (AvgIpc) is 3.29. The van der Waals surface area contributed by atoms with Crippen molar-refractivity contribution in [3.8, 4) is 16.8 Å². The molecule has 5 aromatic rings. The van der Waals surface area contributed by atoms with E-state index < -0.39 is 0 Å². The fourth-order valence-electron chi connectivity index (χ4n) is 3.68. The van der Waals surface area contributed by atoms with Crippen LogP contribution in [0.3, 0.4) is 0 Å². The molecule has 1 N–H and O–H groups in total. The number of anilines is 1. The zero-order valence-electron chi connectivity index (χ0n) is 18.7. The van der Waals surface area contributed by atoms with Crippen molar-refractivity contribution in [2.24, 2.45) is 0 Å². The third-order valence-electron chi connectivity index (χ3n) is 5.41. The molecule has 2 heterocycles. The minimum Gasteiger partial charge on any atom is -0.325 e. The molecule has 3 aromatic carbocycles. The first-order valence-electron chi connectivity index (χ1n) is 10.8. The Bertz CT molecular complexity index is 1560. The number of benzene rings is 3. The zero-order valence-corrected chi connectivity index (χ0v) is 21.1. The summed E-state index contributed by atoms with van der Waals surface area (Å²) in [5.74, 6) is -0.0957. The first kappa shape index (κ1) is 23.4. The average molecular weight is 518 g/mol. The number of hydrogen-bond acceptors (Lipinski definition) is 5. The topological polar surface area (TPSA) is 64.0 Å². The van der Waals surface area contributed by atoms with Crippen LogP contribution in [-0.4, -0.2) is 21.2 Å². The molecule has 1 amide bonds. The molecule has 0 fully saturated rings. The SMILES string of the molecule is Cc1ccc(-c2csc3nc(SCC(=O)Nc4ccc(Cl)cc4)n(-c4ccccc4)c(=O)c23)cc1. The van der Waals surface area contributed by atoms with Crippen LogP contribution in [0.5, 0.6) is 0 Å². The summed E-state index contributed by atoms with van der Waals surface area (Å²) < 4.78 is 1.59. The summed E-state index contributed by atoms with van der Waals surface area (Å²) in [4.78, 5) is 31.9. The Morgan fingerprint density at radius 3 is 2.46 bits per heavy atom. The van der Waals surface area contributed by atoms with Gasteiger partial charge in [-0.3, -0.25) is 14.2 Å². The van der Waals surface area contributed by atoms with Crippen molar-refractivity contribution in [2.75, 3.05) is 11.1 Å². The monoisotopic (exact) mass is 517 g/mol. The second-order valence-corrected chi connectivity index (χ2v) is 10.1. The summed E-state index contributed by atoms with van der Waals surface area (Å²) in [6.45, 7) is 2.03.